The Labute approximate surface area is 161 Å². The van der Waals surface area contributed by atoms with Crippen LogP contribution in [0.5, 0.6) is 5.75 Å². The Hall–Kier alpha value is -2.30. The van der Waals surface area contributed by atoms with Crippen LogP contribution in [0, 0.1) is 5.41 Å². The lowest BCUT2D eigenvalue weighted by molar-refractivity contribution is -0.128. The van der Waals surface area contributed by atoms with Gasteiger partial charge in [-0.25, -0.2) is 4.98 Å². The number of rotatable bonds is 8. The molecule has 1 amide bonds. The fourth-order valence-electron chi connectivity index (χ4n) is 3.99. The van der Waals surface area contributed by atoms with Gasteiger partial charge in [0.25, 0.3) is 5.91 Å². The monoisotopic (exact) mass is 367 g/mol. The van der Waals surface area contributed by atoms with Crippen molar-refractivity contribution >= 4 is 5.91 Å². The van der Waals surface area contributed by atoms with Gasteiger partial charge in [0, 0.05) is 30.9 Å². The highest BCUT2D eigenvalue weighted by Crippen LogP contribution is 2.46. The molecule has 27 heavy (non-hydrogen) atoms. The molecule has 0 aliphatic heterocycles. The van der Waals surface area contributed by atoms with Crippen LogP contribution in [0.15, 0.2) is 36.9 Å². The number of hydrogen-bond acceptors (Lipinski definition) is 3. The molecule has 1 N–H and O–H groups in total. The number of nitrogens with one attached hydrogen (secondary N) is 1. The Morgan fingerprint density at radius 2 is 2.11 bits per heavy atom. The van der Waals surface area contributed by atoms with Gasteiger partial charge >= 0.3 is 0 Å². The van der Waals surface area contributed by atoms with Gasteiger partial charge in [-0.2, -0.15) is 0 Å². The van der Waals surface area contributed by atoms with E-state index >= 15 is 0 Å². The summed E-state index contributed by atoms with van der Waals surface area (Å²) in [5, 5.41) is 3.13. The fourth-order valence-corrected chi connectivity index (χ4v) is 3.99. The molecule has 144 valence electrons. The molecule has 1 aromatic heterocycles. The number of imidazole rings is 1. The summed E-state index contributed by atoms with van der Waals surface area (Å²) in [6.45, 7) is 3.62. The summed E-state index contributed by atoms with van der Waals surface area (Å²) in [5.74, 6) is 0.810. The summed E-state index contributed by atoms with van der Waals surface area (Å²) in [4.78, 5) is 16.8. The zero-order valence-electron chi connectivity index (χ0n) is 16.1. The lowest BCUT2D eigenvalue weighted by Crippen LogP contribution is -2.41. The molecule has 0 bridgehead atoms. The van der Waals surface area contributed by atoms with E-state index in [9.17, 15) is 4.79 Å². The first kappa shape index (κ1) is 18.1. The Kier molecular flexibility index (Phi) is 5.19. The molecule has 2 aliphatic carbocycles. The molecule has 1 heterocycles. The van der Waals surface area contributed by atoms with E-state index in [4.69, 9.17) is 4.74 Å². The molecular formula is C22H29N3O2. The maximum absolute atomic E-state index is 12.7. The lowest BCUT2D eigenvalue weighted by Gasteiger charge is -2.22. The largest absolute Gasteiger partial charge is 0.481 e. The molecule has 1 atom stereocenters. The second kappa shape index (κ2) is 7.75. The van der Waals surface area contributed by atoms with Crippen LogP contribution in [0.2, 0.25) is 0 Å². The third-order valence-electron chi connectivity index (χ3n) is 5.93. The minimum Gasteiger partial charge on any atom is -0.481 e. The zero-order valence-corrected chi connectivity index (χ0v) is 16.1. The number of nitrogens with zero attached hydrogens (tertiary/aromatic N) is 2. The zero-order chi connectivity index (χ0) is 18.7. The smallest absolute Gasteiger partial charge is 0.261 e. The Bertz CT molecular complexity index is 781. The summed E-state index contributed by atoms with van der Waals surface area (Å²) >= 11 is 0. The summed E-state index contributed by atoms with van der Waals surface area (Å²) in [5.41, 5.74) is 2.99. The van der Waals surface area contributed by atoms with Gasteiger partial charge in [-0.15, -0.1) is 0 Å². The second-order valence-electron chi connectivity index (χ2n) is 8.11. The van der Waals surface area contributed by atoms with Crippen LogP contribution in [-0.4, -0.2) is 28.1 Å². The summed E-state index contributed by atoms with van der Waals surface area (Å²) in [7, 11) is 0. The van der Waals surface area contributed by atoms with Crippen LogP contribution in [0.1, 0.15) is 50.2 Å². The molecule has 2 aromatic rings. The van der Waals surface area contributed by atoms with Gasteiger partial charge in [-0.05, 0) is 68.2 Å². The van der Waals surface area contributed by atoms with Crippen molar-refractivity contribution in [1.82, 2.24) is 14.9 Å². The average molecular weight is 367 g/mol. The fraction of sp³-hybridized carbons (Fsp3) is 0.545. The molecule has 0 radical (unpaired) electrons. The maximum Gasteiger partial charge on any atom is 0.261 e. The van der Waals surface area contributed by atoms with Crippen molar-refractivity contribution in [2.75, 3.05) is 6.54 Å². The second-order valence-corrected chi connectivity index (χ2v) is 8.11. The molecule has 5 heteroatoms. The molecule has 1 aromatic carbocycles. The molecular weight excluding hydrogens is 338 g/mol. The van der Waals surface area contributed by atoms with Crippen LogP contribution < -0.4 is 10.1 Å². The van der Waals surface area contributed by atoms with Crippen LogP contribution in [0.4, 0.5) is 0 Å². The van der Waals surface area contributed by atoms with Gasteiger partial charge in [0.05, 0.1) is 6.33 Å². The standard InChI is InChI=1S/C22H29N3O2/c1-2-20(27-19-8-7-17-5-3-4-6-18(17)13-19)21(26)24-14-22(9-10-22)15-25-12-11-23-16-25/h7-8,11-13,16,20H,2-6,9-10,14-15H2,1H3,(H,24,26)/t20-/m1/s1. The minimum atomic E-state index is -0.435. The topological polar surface area (TPSA) is 56.1 Å². The number of ether oxygens (including phenoxy) is 1. The van der Waals surface area contributed by atoms with E-state index < -0.39 is 6.10 Å². The Morgan fingerprint density at radius 3 is 2.81 bits per heavy atom. The van der Waals surface area contributed by atoms with Crippen LogP contribution in [-0.2, 0) is 24.2 Å². The quantitative estimate of drug-likeness (QED) is 0.777. The van der Waals surface area contributed by atoms with Gasteiger partial charge < -0.3 is 14.6 Å². The van der Waals surface area contributed by atoms with Crippen molar-refractivity contribution in [1.29, 1.82) is 0 Å². The minimum absolute atomic E-state index is 0.00729. The van der Waals surface area contributed by atoms with Gasteiger partial charge in [0.2, 0.25) is 0 Å². The van der Waals surface area contributed by atoms with E-state index in [1.165, 1.54) is 24.0 Å². The number of aryl methyl sites for hydroxylation is 2. The highest BCUT2D eigenvalue weighted by Gasteiger charge is 2.43. The van der Waals surface area contributed by atoms with Gasteiger partial charge in [0.15, 0.2) is 6.10 Å². The van der Waals surface area contributed by atoms with Crippen LogP contribution >= 0.6 is 0 Å². The van der Waals surface area contributed by atoms with E-state index in [0.29, 0.717) is 13.0 Å². The van der Waals surface area contributed by atoms with Crippen LogP contribution in [0.25, 0.3) is 0 Å². The summed E-state index contributed by atoms with van der Waals surface area (Å²) in [6, 6.07) is 6.31. The third kappa shape index (κ3) is 4.34. The van der Waals surface area contributed by atoms with Crippen molar-refractivity contribution in [3.05, 3.63) is 48.0 Å². The maximum atomic E-state index is 12.7. The van der Waals surface area contributed by atoms with E-state index in [1.807, 2.05) is 25.5 Å². The summed E-state index contributed by atoms with van der Waals surface area (Å²) < 4.78 is 8.15. The van der Waals surface area contributed by atoms with Crippen molar-refractivity contribution in [3.8, 4) is 5.75 Å². The lowest BCUT2D eigenvalue weighted by atomic mass is 9.92. The number of benzene rings is 1. The van der Waals surface area contributed by atoms with Crippen molar-refractivity contribution in [3.63, 3.8) is 0 Å². The normalized spacial score (nSPS) is 18.4. The third-order valence-corrected chi connectivity index (χ3v) is 5.93. The SMILES string of the molecule is CC[C@@H](Oc1ccc2c(c1)CCCC2)C(=O)NCC1(Cn2ccnc2)CC1. The summed E-state index contributed by atoms with van der Waals surface area (Å²) in [6.07, 6.45) is 12.9. The molecule has 5 nitrogen and oxygen atoms in total. The highest BCUT2D eigenvalue weighted by atomic mass is 16.5. The van der Waals surface area contributed by atoms with E-state index in [-0.39, 0.29) is 11.3 Å². The number of aromatic nitrogens is 2. The predicted octanol–water partition coefficient (Wildman–Crippen LogP) is 3.52. The molecule has 0 saturated heterocycles. The Morgan fingerprint density at radius 1 is 1.30 bits per heavy atom. The predicted molar refractivity (Wildman–Crippen MR) is 105 cm³/mol. The number of carbonyl (C=O) groups is 1. The van der Waals surface area contributed by atoms with Crippen molar-refractivity contribution in [2.24, 2.45) is 5.41 Å². The number of amides is 1. The van der Waals surface area contributed by atoms with Crippen molar-refractivity contribution < 1.29 is 9.53 Å². The molecule has 0 spiro atoms. The number of fused-ring (bicyclic) bond motifs is 1. The molecule has 4 rings (SSSR count). The van der Waals surface area contributed by atoms with E-state index in [1.54, 1.807) is 6.20 Å². The Balaban J connectivity index is 1.33. The molecule has 2 aliphatic rings. The number of hydrogen-bond donors (Lipinski definition) is 1. The first-order valence-corrected chi connectivity index (χ1v) is 10.2. The highest BCUT2D eigenvalue weighted by molar-refractivity contribution is 5.81. The average Bonchev–Trinajstić information content (AvgIpc) is 3.27. The van der Waals surface area contributed by atoms with Crippen LogP contribution in [0.3, 0.4) is 0 Å². The first-order valence-electron chi connectivity index (χ1n) is 10.2. The molecule has 1 fully saturated rings. The molecule has 1 saturated carbocycles. The van der Waals surface area contributed by atoms with E-state index in [0.717, 1.165) is 38.0 Å². The van der Waals surface area contributed by atoms with E-state index in [2.05, 4.69) is 27.0 Å². The van der Waals surface area contributed by atoms with Gasteiger partial charge in [0.1, 0.15) is 5.75 Å². The van der Waals surface area contributed by atoms with Gasteiger partial charge in [-0.1, -0.05) is 13.0 Å². The number of carbonyl (C=O) groups excluding carboxylic acids is 1. The van der Waals surface area contributed by atoms with Gasteiger partial charge in [-0.3, -0.25) is 4.79 Å². The molecule has 0 unspecified atom stereocenters. The van der Waals surface area contributed by atoms with Crippen molar-refractivity contribution in [2.45, 2.75) is 64.5 Å². The first-order chi connectivity index (χ1) is 13.2.